The van der Waals surface area contributed by atoms with Gasteiger partial charge in [0.05, 0.1) is 19.3 Å². The standard InChI is InChI=1S/C9H18F3NO2/c1-3-13-8(5-14-4-2)6-15-7-9(10,11)12/h8,13H,3-7H2,1-2H3. The first-order valence-corrected chi connectivity index (χ1v) is 4.95. The van der Waals surface area contributed by atoms with Gasteiger partial charge in [-0.25, -0.2) is 0 Å². The molecule has 6 heteroatoms. The second-order valence-electron chi connectivity index (χ2n) is 3.04. The second-order valence-corrected chi connectivity index (χ2v) is 3.04. The van der Waals surface area contributed by atoms with E-state index in [0.29, 0.717) is 19.8 Å². The number of alkyl halides is 3. The fourth-order valence-electron chi connectivity index (χ4n) is 1.03. The molecule has 1 N–H and O–H groups in total. The zero-order valence-electron chi connectivity index (χ0n) is 9.06. The molecule has 0 spiro atoms. The number of hydrogen-bond donors (Lipinski definition) is 1. The van der Waals surface area contributed by atoms with Crippen LogP contribution in [0.25, 0.3) is 0 Å². The minimum atomic E-state index is -4.26. The largest absolute Gasteiger partial charge is 0.411 e. The van der Waals surface area contributed by atoms with Crippen LogP contribution < -0.4 is 5.32 Å². The maximum absolute atomic E-state index is 11.8. The van der Waals surface area contributed by atoms with E-state index in [0.717, 1.165) is 0 Å². The van der Waals surface area contributed by atoms with Crippen molar-refractivity contribution in [2.45, 2.75) is 26.1 Å². The van der Waals surface area contributed by atoms with Gasteiger partial charge in [0.15, 0.2) is 0 Å². The van der Waals surface area contributed by atoms with Crippen molar-refractivity contribution in [3.63, 3.8) is 0 Å². The molecule has 0 aliphatic rings. The summed E-state index contributed by atoms with van der Waals surface area (Å²) in [5, 5.41) is 2.99. The molecule has 0 rings (SSSR count). The van der Waals surface area contributed by atoms with Crippen LogP contribution in [0.4, 0.5) is 13.2 Å². The molecule has 0 saturated carbocycles. The Morgan fingerprint density at radius 3 is 2.20 bits per heavy atom. The van der Waals surface area contributed by atoms with E-state index in [1.807, 2.05) is 13.8 Å². The van der Waals surface area contributed by atoms with Crippen molar-refractivity contribution in [3.05, 3.63) is 0 Å². The van der Waals surface area contributed by atoms with Crippen molar-refractivity contribution >= 4 is 0 Å². The highest BCUT2D eigenvalue weighted by Crippen LogP contribution is 2.14. The molecule has 0 bridgehead atoms. The summed E-state index contributed by atoms with van der Waals surface area (Å²) in [6.45, 7) is 4.09. The van der Waals surface area contributed by atoms with E-state index in [2.05, 4.69) is 10.1 Å². The van der Waals surface area contributed by atoms with Crippen LogP contribution in [-0.2, 0) is 9.47 Å². The average Bonchev–Trinajstić information content (AvgIpc) is 2.12. The maximum atomic E-state index is 11.8. The van der Waals surface area contributed by atoms with Crippen LogP contribution in [0, 0.1) is 0 Å². The monoisotopic (exact) mass is 229 g/mol. The van der Waals surface area contributed by atoms with Crippen molar-refractivity contribution in [2.75, 3.05) is 33.0 Å². The molecule has 0 fully saturated rings. The van der Waals surface area contributed by atoms with Gasteiger partial charge in [0, 0.05) is 6.61 Å². The predicted octanol–water partition coefficient (Wildman–Crippen LogP) is 1.58. The fourth-order valence-corrected chi connectivity index (χ4v) is 1.03. The van der Waals surface area contributed by atoms with Gasteiger partial charge in [0.25, 0.3) is 0 Å². The van der Waals surface area contributed by atoms with Gasteiger partial charge in [-0.1, -0.05) is 6.92 Å². The Hall–Kier alpha value is -0.330. The Bertz CT molecular complexity index is 153. The zero-order valence-corrected chi connectivity index (χ0v) is 9.06. The van der Waals surface area contributed by atoms with E-state index < -0.39 is 12.8 Å². The molecule has 0 saturated heterocycles. The van der Waals surface area contributed by atoms with Crippen LogP contribution >= 0.6 is 0 Å². The Morgan fingerprint density at radius 2 is 1.73 bits per heavy atom. The van der Waals surface area contributed by atoms with Gasteiger partial charge in [-0.15, -0.1) is 0 Å². The first-order valence-electron chi connectivity index (χ1n) is 4.95. The van der Waals surface area contributed by atoms with E-state index in [9.17, 15) is 13.2 Å². The average molecular weight is 229 g/mol. The number of rotatable bonds is 8. The lowest BCUT2D eigenvalue weighted by molar-refractivity contribution is -0.176. The van der Waals surface area contributed by atoms with Gasteiger partial charge in [0.2, 0.25) is 0 Å². The van der Waals surface area contributed by atoms with Crippen molar-refractivity contribution in [2.24, 2.45) is 0 Å². The lowest BCUT2D eigenvalue weighted by Crippen LogP contribution is -2.38. The molecule has 0 aromatic rings. The number of ether oxygens (including phenoxy) is 2. The van der Waals surface area contributed by atoms with Gasteiger partial charge in [-0.05, 0) is 13.5 Å². The second kappa shape index (κ2) is 7.90. The molecular formula is C9H18F3NO2. The molecular weight excluding hydrogens is 211 g/mol. The third-order valence-corrected chi connectivity index (χ3v) is 1.60. The third-order valence-electron chi connectivity index (χ3n) is 1.60. The maximum Gasteiger partial charge on any atom is 0.411 e. The summed E-state index contributed by atoms with van der Waals surface area (Å²) in [5.74, 6) is 0. The SMILES string of the molecule is CCNC(COCC)COCC(F)(F)F. The Kier molecular flexibility index (Phi) is 7.72. The highest BCUT2D eigenvalue weighted by Gasteiger charge is 2.27. The molecule has 92 valence electrons. The molecule has 0 aliphatic carbocycles. The summed E-state index contributed by atoms with van der Waals surface area (Å²) in [7, 11) is 0. The lowest BCUT2D eigenvalue weighted by atomic mass is 10.3. The number of nitrogens with one attached hydrogen (secondary N) is 1. The summed E-state index contributed by atoms with van der Waals surface area (Å²) in [4.78, 5) is 0. The summed E-state index contributed by atoms with van der Waals surface area (Å²) in [6, 6.07) is -0.183. The van der Waals surface area contributed by atoms with Crippen LogP contribution in [0.15, 0.2) is 0 Å². The molecule has 3 nitrogen and oxygen atoms in total. The van der Waals surface area contributed by atoms with E-state index in [4.69, 9.17) is 4.74 Å². The van der Waals surface area contributed by atoms with E-state index in [1.54, 1.807) is 0 Å². The van der Waals surface area contributed by atoms with Crippen molar-refractivity contribution in [3.8, 4) is 0 Å². The minimum absolute atomic E-state index is 0.00729. The first kappa shape index (κ1) is 14.7. The molecule has 0 radical (unpaired) electrons. The van der Waals surface area contributed by atoms with Crippen molar-refractivity contribution in [1.29, 1.82) is 0 Å². The Labute approximate surface area is 87.9 Å². The molecule has 1 atom stereocenters. The summed E-state index contributed by atoms with van der Waals surface area (Å²) >= 11 is 0. The highest BCUT2D eigenvalue weighted by molar-refractivity contribution is 4.64. The van der Waals surface area contributed by atoms with Gasteiger partial charge >= 0.3 is 6.18 Å². The predicted molar refractivity (Wildman–Crippen MR) is 50.8 cm³/mol. The first-order chi connectivity index (χ1) is 6.99. The van der Waals surface area contributed by atoms with Crippen LogP contribution in [0.1, 0.15) is 13.8 Å². The van der Waals surface area contributed by atoms with E-state index >= 15 is 0 Å². The van der Waals surface area contributed by atoms with Crippen molar-refractivity contribution < 1.29 is 22.6 Å². The summed E-state index contributed by atoms with van der Waals surface area (Å²) in [5.41, 5.74) is 0. The smallest absolute Gasteiger partial charge is 0.380 e. The number of hydrogen-bond acceptors (Lipinski definition) is 3. The molecule has 0 aromatic carbocycles. The van der Waals surface area contributed by atoms with Gasteiger partial charge in [-0.2, -0.15) is 13.2 Å². The zero-order chi connectivity index (χ0) is 11.7. The van der Waals surface area contributed by atoms with Crippen molar-refractivity contribution in [1.82, 2.24) is 5.32 Å². The quantitative estimate of drug-likeness (QED) is 0.685. The van der Waals surface area contributed by atoms with Crippen LogP contribution in [0.5, 0.6) is 0 Å². The van der Waals surface area contributed by atoms with Gasteiger partial charge < -0.3 is 14.8 Å². The van der Waals surface area contributed by atoms with Gasteiger partial charge in [-0.3, -0.25) is 0 Å². The summed E-state index contributed by atoms with van der Waals surface area (Å²) in [6.07, 6.45) is -4.26. The highest BCUT2D eigenvalue weighted by atomic mass is 19.4. The third kappa shape index (κ3) is 9.96. The normalized spacial score (nSPS) is 14.2. The molecule has 15 heavy (non-hydrogen) atoms. The number of likely N-dealkylation sites (N-methyl/N-ethyl adjacent to an activating group) is 1. The minimum Gasteiger partial charge on any atom is -0.380 e. The number of halogens is 3. The van der Waals surface area contributed by atoms with E-state index in [-0.39, 0.29) is 12.6 Å². The molecule has 1 unspecified atom stereocenters. The molecule has 0 heterocycles. The lowest BCUT2D eigenvalue weighted by Gasteiger charge is -2.18. The Balaban J connectivity index is 3.65. The fraction of sp³-hybridized carbons (Fsp3) is 1.00. The summed E-state index contributed by atoms with van der Waals surface area (Å²) < 4.78 is 45.0. The topological polar surface area (TPSA) is 30.5 Å². The van der Waals surface area contributed by atoms with Crippen LogP contribution in [0.3, 0.4) is 0 Å². The van der Waals surface area contributed by atoms with E-state index in [1.165, 1.54) is 0 Å². The van der Waals surface area contributed by atoms with Crippen LogP contribution in [0.2, 0.25) is 0 Å². The molecule has 0 aliphatic heterocycles. The molecule has 0 aromatic heterocycles. The van der Waals surface area contributed by atoms with Crippen LogP contribution in [-0.4, -0.2) is 45.2 Å². The molecule has 0 amide bonds. The van der Waals surface area contributed by atoms with Gasteiger partial charge in [0.1, 0.15) is 6.61 Å². The Morgan fingerprint density at radius 1 is 1.13 bits per heavy atom.